The van der Waals surface area contributed by atoms with E-state index in [1.165, 1.54) is 37.3 Å². The van der Waals surface area contributed by atoms with Gasteiger partial charge in [0.25, 0.3) is 10.0 Å². The molecule has 46 heavy (non-hydrogen) atoms. The maximum Gasteiger partial charge on any atom is 0.264 e. The van der Waals surface area contributed by atoms with E-state index in [9.17, 15) is 18.0 Å². The van der Waals surface area contributed by atoms with Crippen LogP contribution in [0.2, 0.25) is 0 Å². The van der Waals surface area contributed by atoms with E-state index >= 15 is 0 Å². The summed E-state index contributed by atoms with van der Waals surface area (Å²) in [4.78, 5) is 29.0. The van der Waals surface area contributed by atoms with Crippen molar-refractivity contribution in [3.05, 3.63) is 72.3 Å². The largest absolute Gasteiger partial charge is 0.497 e. The molecule has 1 saturated carbocycles. The lowest BCUT2D eigenvalue weighted by Crippen LogP contribution is -2.52. The lowest BCUT2D eigenvalue weighted by Gasteiger charge is -2.32. The first-order valence-corrected chi connectivity index (χ1v) is 16.8. The Morgan fingerprint density at radius 2 is 1.59 bits per heavy atom. The third kappa shape index (κ3) is 8.22. The zero-order chi connectivity index (χ0) is 33.3. The molecule has 1 unspecified atom stereocenters. The van der Waals surface area contributed by atoms with Crippen LogP contribution in [0.5, 0.6) is 23.0 Å². The van der Waals surface area contributed by atoms with Crippen LogP contribution in [0.1, 0.15) is 45.1 Å². The summed E-state index contributed by atoms with van der Waals surface area (Å²) in [5, 5.41) is 3.08. The number of benzene rings is 3. The number of anilines is 1. The highest BCUT2D eigenvalue weighted by molar-refractivity contribution is 7.92. The Balaban J connectivity index is 1.73. The molecule has 1 N–H and O–H groups in total. The van der Waals surface area contributed by atoms with Gasteiger partial charge in [-0.3, -0.25) is 13.9 Å². The van der Waals surface area contributed by atoms with Crippen molar-refractivity contribution in [3.63, 3.8) is 0 Å². The Labute approximate surface area is 271 Å². The fourth-order valence-corrected chi connectivity index (χ4v) is 6.88. The number of rotatable bonds is 15. The number of ether oxygens (including phenoxy) is 4. The topological polar surface area (TPSA) is 124 Å². The molecule has 0 radical (unpaired) electrons. The SMILES string of the molecule is CCOc1ccc(N(CC(=O)N(Cc2cccc(OC)c2)C(C)C(=O)NC2CCCC2)S(=O)(=O)c2ccc(OC)c(OC)c2)cc1. The minimum Gasteiger partial charge on any atom is -0.497 e. The number of nitrogens with zero attached hydrogens (tertiary/aromatic N) is 2. The number of hydrogen-bond acceptors (Lipinski definition) is 8. The Bertz CT molecular complexity index is 1590. The lowest BCUT2D eigenvalue weighted by atomic mass is 10.1. The average molecular weight is 654 g/mol. The molecule has 1 aliphatic rings. The van der Waals surface area contributed by atoms with E-state index in [1.807, 2.05) is 13.0 Å². The van der Waals surface area contributed by atoms with Crippen molar-refractivity contribution >= 4 is 27.5 Å². The molecule has 0 saturated heterocycles. The highest BCUT2D eigenvalue weighted by Gasteiger charge is 2.34. The Morgan fingerprint density at radius 3 is 2.22 bits per heavy atom. The number of amides is 2. The quantitative estimate of drug-likeness (QED) is 0.249. The summed E-state index contributed by atoms with van der Waals surface area (Å²) < 4.78 is 51.2. The molecular formula is C34H43N3O8S. The van der Waals surface area contributed by atoms with Crippen LogP contribution in [0.25, 0.3) is 0 Å². The molecule has 2 amide bonds. The van der Waals surface area contributed by atoms with Crippen LogP contribution < -0.4 is 28.6 Å². The third-order valence-electron chi connectivity index (χ3n) is 8.01. The lowest BCUT2D eigenvalue weighted by molar-refractivity contribution is -0.139. The third-order valence-corrected chi connectivity index (χ3v) is 9.78. The predicted octanol–water partition coefficient (Wildman–Crippen LogP) is 4.78. The van der Waals surface area contributed by atoms with Crippen molar-refractivity contribution in [1.82, 2.24) is 10.2 Å². The summed E-state index contributed by atoms with van der Waals surface area (Å²) in [6.07, 6.45) is 3.85. The van der Waals surface area contributed by atoms with Crippen molar-refractivity contribution in [2.24, 2.45) is 0 Å². The van der Waals surface area contributed by atoms with Crippen LogP contribution in [0.4, 0.5) is 5.69 Å². The highest BCUT2D eigenvalue weighted by atomic mass is 32.2. The van der Waals surface area contributed by atoms with Gasteiger partial charge in [-0.2, -0.15) is 0 Å². The molecule has 3 aromatic carbocycles. The smallest absolute Gasteiger partial charge is 0.264 e. The van der Waals surface area contributed by atoms with Gasteiger partial charge >= 0.3 is 0 Å². The van der Waals surface area contributed by atoms with Gasteiger partial charge in [0.2, 0.25) is 11.8 Å². The molecule has 248 valence electrons. The van der Waals surface area contributed by atoms with Crippen molar-refractivity contribution in [1.29, 1.82) is 0 Å². The first-order chi connectivity index (χ1) is 22.1. The molecule has 0 spiro atoms. The minimum atomic E-state index is -4.32. The Kier molecular flexibility index (Phi) is 11.8. The summed E-state index contributed by atoms with van der Waals surface area (Å²) in [7, 11) is 0.0938. The van der Waals surface area contributed by atoms with Gasteiger partial charge in [-0.15, -0.1) is 0 Å². The van der Waals surface area contributed by atoms with E-state index in [4.69, 9.17) is 18.9 Å². The summed E-state index contributed by atoms with van der Waals surface area (Å²) in [5.41, 5.74) is 0.972. The van der Waals surface area contributed by atoms with Crippen LogP contribution in [0, 0.1) is 0 Å². The number of sulfonamides is 1. The first kappa shape index (κ1) is 34.4. The minimum absolute atomic E-state index is 0.0505. The van der Waals surface area contributed by atoms with Gasteiger partial charge in [-0.05, 0) is 80.8 Å². The van der Waals surface area contributed by atoms with Crippen LogP contribution in [0.15, 0.2) is 71.6 Å². The summed E-state index contributed by atoms with van der Waals surface area (Å²) >= 11 is 0. The van der Waals surface area contributed by atoms with Gasteiger partial charge in [0.1, 0.15) is 24.1 Å². The van der Waals surface area contributed by atoms with Gasteiger partial charge < -0.3 is 29.2 Å². The first-order valence-electron chi connectivity index (χ1n) is 15.3. The molecule has 11 nitrogen and oxygen atoms in total. The van der Waals surface area contributed by atoms with Crippen molar-refractivity contribution in [3.8, 4) is 23.0 Å². The molecule has 1 fully saturated rings. The zero-order valence-electron chi connectivity index (χ0n) is 27.0. The van der Waals surface area contributed by atoms with Crippen molar-refractivity contribution in [2.45, 2.75) is 63.1 Å². The average Bonchev–Trinajstić information content (AvgIpc) is 3.59. The molecule has 0 aliphatic heterocycles. The second kappa shape index (κ2) is 15.7. The van der Waals surface area contributed by atoms with Gasteiger partial charge in [0, 0.05) is 18.7 Å². The number of hydrogen-bond donors (Lipinski definition) is 1. The van der Waals surface area contributed by atoms with E-state index in [2.05, 4.69) is 5.32 Å². The molecule has 0 aromatic heterocycles. The van der Waals surface area contributed by atoms with Crippen LogP contribution >= 0.6 is 0 Å². The van der Waals surface area contributed by atoms with Crippen molar-refractivity contribution in [2.75, 3.05) is 38.8 Å². The summed E-state index contributed by atoms with van der Waals surface area (Å²) in [5.74, 6) is 0.876. The monoisotopic (exact) mass is 653 g/mol. The number of carbonyl (C=O) groups excluding carboxylic acids is 2. The normalized spacial score (nSPS) is 13.8. The van der Waals surface area contributed by atoms with Crippen LogP contribution in [-0.2, 0) is 26.2 Å². The van der Waals surface area contributed by atoms with E-state index in [1.54, 1.807) is 56.5 Å². The molecular weight excluding hydrogens is 610 g/mol. The van der Waals surface area contributed by atoms with E-state index in [0.717, 1.165) is 35.6 Å². The zero-order valence-corrected chi connectivity index (χ0v) is 27.8. The maximum absolute atomic E-state index is 14.3. The highest BCUT2D eigenvalue weighted by Crippen LogP contribution is 2.33. The fraction of sp³-hybridized carbons (Fsp3) is 0.412. The van der Waals surface area contributed by atoms with E-state index < -0.39 is 28.5 Å². The second-order valence-electron chi connectivity index (χ2n) is 11.0. The number of methoxy groups -OCH3 is 3. The van der Waals surface area contributed by atoms with Gasteiger partial charge in [-0.1, -0.05) is 25.0 Å². The molecule has 1 aliphatic carbocycles. The van der Waals surface area contributed by atoms with E-state index in [-0.39, 0.29) is 34.8 Å². The number of nitrogens with one attached hydrogen (secondary N) is 1. The van der Waals surface area contributed by atoms with Gasteiger partial charge in [-0.25, -0.2) is 8.42 Å². The predicted molar refractivity (Wildman–Crippen MR) is 175 cm³/mol. The molecule has 0 bridgehead atoms. The second-order valence-corrected chi connectivity index (χ2v) is 12.9. The Hall–Kier alpha value is -4.45. The van der Waals surface area contributed by atoms with Crippen LogP contribution in [-0.4, -0.2) is 71.7 Å². The standard InChI is InChI=1S/C34H43N3O8S/c1-6-45-28-16-14-27(15-17-28)37(46(40,41)30-18-19-31(43-4)32(21-30)44-5)23-33(38)36(22-25-10-9-13-29(20-25)42-3)24(2)34(39)35-26-11-7-8-12-26/h9-10,13-21,24,26H,6-8,11-12,22-23H2,1-5H3,(H,35,39). The van der Waals surface area contributed by atoms with Gasteiger partial charge in [0.15, 0.2) is 11.5 Å². The molecule has 4 rings (SSSR count). The summed E-state index contributed by atoms with van der Waals surface area (Å²) in [6.45, 7) is 3.43. The Morgan fingerprint density at radius 1 is 0.891 bits per heavy atom. The maximum atomic E-state index is 14.3. The molecule has 1 atom stereocenters. The molecule has 3 aromatic rings. The summed E-state index contributed by atoms with van der Waals surface area (Å²) in [6, 6.07) is 17.1. The van der Waals surface area contributed by atoms with Crippen LogP contribution in [0.3, 0.4) is 0 Å². The molecule has 0 heterocycles. The van der Waals surface area contributed by atoms with Gasteiger partial charge in [0.05, 0.1) is 38.5 Å². The number of carbonyl (C=O) groups is 2. The molecule has 12 heteroatoms. The van der Waals surface area contributed by atoms with E-state index in [0.29, 0.717) is 23.9 Å². The van der Waals surface area contributed by atoms with Crippen molar-refractivity contribution < 1.29 is 37.0 Å². The fourth-order valence-electron chi connectivity index (χ4n) is 5.45.